The molecule has 2 rings (SSSR count). The van der Waals surface area contributed by atoms with Crippen LogP contribution in [0.1, 0.15) is 22.5 Å². The van der Waals surface area contributed by atoms with E-state index in [0.29, 0.717) is 12.4 Å². The molecular weight excluding hydrogens is 224 g/mol. The van der Waals surface area contributed by atoms with Crippen molar-refractivity contribution in [3.63, 3.8) is 0 Å². The minimum Gasteiger partial charge on any atom is -0.492 e. The van der Waals surface area contributed by atoms with E-state index in [2.05, 4.69) is 10.3 Å². The number of aryl methyl sites for hydroxylation is 1. The first kappa shape index (κ1) is 11.4. The van der Waals surface area contributed by atoms with Crippen LogP contribution in [0.2, 0.25) is 0 Å². The number of hydrogen-bond acceptors (Lipinski definition) is 4. The van der Waals surface area contributed by atoms with Gasteiger partial charge in [0.25, 0.3) is 5.91 Å². The summed E-state index contributed by atoms with van der Waals surface area (Å²) in [5, 5.41) is 10.7. The Hall–Kier alpha value is -2.11. The summed E-state index contributed by atoms with van der Waals surface area (Å²) in [6.07, 6.45) is 3.26. The van der Waals surface area contributed by atoms with Gasteiger partial charge in [0.05, 0.1) is 12.8 Å². The number of fused-ring (bicyclic) bond motifs is 1. The van der Waals surface area contributed by atoms with Crippen molar-refractivity contribution < 1.29 is 19.4 Å². The fraction of sp³-hybridized carbons (Fsp3) is 0.364. The molecule has 17 heavy (non-hydrogen) atoms. The van der Waals surface area contributed by atoms with E-state index in [1.54, 1.807) is 6.07 Å². The Bertz CT molecular complexity index is 459. The molecule has 0 spiro atoms. The third-order valence-corrected chi connectivity index (χ3v) is 2.43. The summed E-state index contributed by atoms with van der Waals surface area (Å²) in [5.74, 6) is -0.869. The lowest BCUT2D eigenvalue weighted by Crippen LogP contribution is -2.30. The van der Waals surface area contributed by atoms with Gasteiger partial charge in [-0.2, -0.15) is 0 Å². The van der Waals surface area contributed by atoms with E-state index in [0.717, 1.165) is 18.4 Å². The predicted octanol–water partition coefficient (Wildman–Crippen LogP) is 0.221. The third kappa shape index (κ3) is 2.72. The van der Waals surface area contributed by atoms with E-state index >= 15 is 0 Å². The fourth-order valence-corrected chi connectivity index (χ4v) is 1.63. The van der Waals surface area contributed by atoms with Crippen LogP contribution in [0.4, 0.5) is 0 Å². The second kappa shape index (κ2) is 4.82. The molecule has 1 aliphatic rings. The maximum Gasteiger partial charge on any atom is 0.322 e. The quantitative estimate of drug-likeness (QED) is 0.783. The van der Waals surface area contributed by atoms with Gasteiger partial charge in [-0.25, -0.2) is 4.98 Å². The Morgan fingerprint density at radius 1 is 1.53 bits per heavy atom. The molecule has 0 aliphatic carbocycles. The average molecular weight is 236 g/mol. The van der Waals surface area contributed by atoms with E-state index in [4.69, 9.17) is 9.84 Å². The lowest BCUT2D eigenvalue weighted by Gasteiger charge is -2.16. The van der Waals surface area contributed by atoms with Crippen LogP contribution < -0.4 is 10.1 Å². The smallest absolute Gasteiger partial charge is 0.322 e. The van der Waals surface area contributed by atoms with Gasteiger partial charge in [-0.05, 0) is 24.5 Å². The highest BCUT2D eigenvalue weighted by molar-refractivity contribution is 5.94. The summed E-state index contributed by atoms with van der Waals surface area (Å²) >= 11 is 0. The van der Waals surface area contributed by atoms with Crippen LogP contribution in [0.3, 0.4) is 0 Å². The number of pyridine rings is 1. The molecule has 1 amide bonds. The molecule has 0 fully saturated rings. The fourth-order valence-electron chi connectivity index (χ4n) is 1.63. The van der Waals surface area contributed by atoms with Crippen molar-refractivity contribution in [1.29, 1.82) is 0 Å². The number of ether oxygens (including phenoxy) is 1. The highest BCUT2D eigenvalue weighted by Crippen LogP contribution is 2.23. The van der Waals surface area contributed by atoms with E-state index in [9.17, 15) is 9.59 Å². The largest absolute Gasteiger partial charge is 0.492 e. The molecule has 0 bridgehead atoms. The highest BCUT2D eigenvalue weighted by Gasteiger charge is 2.15. The lowest BCUT2D eigenvalue weighted by atomic mass is 10.1. The number of hydrogen-bond donors (Lipinski definition) is 2. The molecule has 1 aromatic heterocycles. The number of carbonyl (C=O) groups is 2. The molecule has 0 saturated heterocycles. The number of carboxylic acids is 1. The average Bonchev–Trinajstić information content (AvgIpc) is 2.35. The molecule has 0 atom stereocenters. The van der Waals surface area contributed by atoms with Crippen LogP contribution in [-0.2, 0) is 11.2 Å². The third-order valence-electron chi connectivity index (χ3n) is 2.43. The van der Waals surface area contributed by atoms with Crippen LogP contribution in [0.15, 0.2) is 12.3 Å². The molecular formula is C11H12N2O4. The summed E-state index contributed by atoms with van der Waals surface area (Å²) in [7, 11) is 0. The monoisotopic (exact) mass is 236 g/mol. The van der Waals surface area contributed by atoms with E-state index in [1.807, 2.05) is 0 Å². The maximum absolute atomic E-state index is 11.6. The second-order valence-corrected chi connectivity index (χ2v) is 3.71. The zero-order chi connectivity index (χ0) is 12.3. The van der Waals surface area contributed by atoms with Crippen LogP contribution in [0.5, 0.6) is 5.75 Å². The summed E-state index contributed by atoms with van der Waals surface area (Å²) in [6.45, 7) is 0.257. The molecule has 90 valence electrons. The zero-order valence-corrected chi connectivity index (χ0v) is 9.10. The van der Waals surface area contributed by atoms with Crippen LogP contribution in [-0.4, -0.2) is 35.1 Å². The standard InChI is InChI=1S/C11H12N2O4/c14-10(15)6-13-11(16)8-4-7-2-1-3-17-9(7)5-12-8/h4-5H,1-3,6H2,(H,13,16)(H,14,15). The van der Waals surface area contributed by atoms with Crippen molar-refractivity contribution in [3.8, 4) is 5.75 Å². The van der Waals surface area contributed by atoms with Gasteiger partial charge < -0.3 is 15.2 Å². The van der Waals surface area contributed by atoms with Gasteiger partial charge >= 0.3 is 5.97 Å². The molecule has 0 saturated carbocycles. The Morgan fingerprint density at radius 2 is 2.35 bits per heavy atom. The predicted molar refractivity (Wildman–Crippen MR) is 58.0 cm³/mol. The zero-order valence-electron chi connectivity index (χ0n) is 9.10. The summed E-state index contributed by atoms with van der Waals surface area (Å²) in [4.78, 5) is 25.8. The van der Waals surface area contributed by atoms with Gasteiger partial charge in [-0.3, -0.25) is 9.59 Å². The number of nitrogens with one attached hydrogen (secondary N) is 1. The first-order chi connectivity index (χ1) is 8.16. The first-order valence-corrected chi connectivity index (χ1v) is 5.28. The number of aromatic nitrogens is 1. The number of aliphatic carboxylic acids is 1. The molecule has 2 N–H and O–H groups in total. The minimum atomic E-state index is -1.08. The van der Waals surface area contributed by atoms with E-state index in [1.165, 1.54) is 6.20 Å². The minimum absolute atomic E-state index is 0.218. The molecule has 1 aromatic rings. The molecule has 6 nitrogen and oxygen atoms in total. The summed E-state index contributed by atoms with van der Waals surface area (Å²) < 4.78 is 5.37. The molecule has 1 aliphatic heterocycles. The Kier molecular flexibility index (Phi) is 3.22. The van der Waals surface area contributed by atoms with Gasteiger partial charge in [0, 0.05) is 0 Å². The van der Waals surface area contributed by atoms with Crippen molar-refractivity contribution in [2.45, 2.75) is 12.8 Å². The Balaban J connectivity index is 2.11. The number of nitrogens with zero attached hydrogens (tertiary/aromatic N) is 1. The maximum atomic E-state index is 11.6. The van der Waals surface area contributed by atoms with Crippen molar-refractivity contribution in [3.05, 3.63) is 23.5 Å². The molecule has 6 heteroatoms. The van der Waals surface area contributed by atoms with Crippen molar-refractivity contribution in [2.75, 3.05) is 13.2 Å². The van der Waals surface area contributed by atoms with Crippen LogP contribution >= 0.6 is 0 Å². The Labute approximate surface area is 97.6 Å². The lowest BCUT2D eigenvalue weighted by molar-refractivity contribution is -0.135. The summed E-state index contributed by atoms with van der Waals surface area (Å²) in [5.41, 5.74) is 1.15. The summed E-state index contributed by atoms with van der Waals surface area (Å²) in [6, 6.07) is 1.64. The number of carboxylic acid groups (broad SMARTS) is 1. The van der Waals surface area contributed by atoms with E-state index in [-0.39, 0.29) is 5.69 Å². The number of rotatable bonds is 3. The topological polar surface area (TPSA) is 88.5 Å². The van der Waals surface area contributed by atoms with Gasteiger partial charge in [0.15, 0.2) is 0 Å². The van der Waals surface area contributed by atoms with Gasteiger partial charge in [0.2, 0.25) is 0 Å². The number of amides is 1. The molecule has 0 radical (unpaired) electrons. The molecule has 2 heterocycles. The molecule has 0 unspecified atom stereocenters. The number of carbonyl (C=O) groups excluding carboxylic acids is 1. The first-order valence-electron chi connectivity index (χ1n) is 5.28. The SMILES string of the molecule is O=C(O)CNC(=O)c1cc2c(cn1)OCCC2. The van der Waals surface area contributed by atoms with Crippen molar-refractivity contribution in [1.82, 2.24) is 10.3 Å². The molecule has 0 aromatic carbocycles. The van der Waals surface area contributed by atoms with Crippen LogP contribution in [0.25, 0.3) is 0 Å². The van der Waals surface area contributed by atoms with Crippen LogP contribution in [0, 0.1) is 0 Å². The van der Waals surface area contributed by atoms with Gasteiger partial charge in [0.1, 0.15) is 18.0 Å². The van der Waals surface area contributed by atoms with Gasteiger partial charge in [-0.1, -0.05) is 0 Å². The normalized spacial score (nSPS) is 13.4. The van der Waals surface area contributed by atoms with Crippen molar-refractivity contribution in [2.24, 2.45) is 0 Å². The van der Waals surface area contributed by atoms with Crippen molar-refractivity contribution >= 4 is 11.9 Å². The highest BCUT2D eigenvalue weighted by atomic mass is 16.5. The second-order valence-electron chi connectivity index (χ2n) is 3.71. The Morgan fingerprint density at radius 3 is 3.12 bits per heavy atom. The van der Waals surface area contributed by atoms with E-state index < -0.39 is 18.4 Å². The van der Waals surface area contributed by atoms with Gasteiger partial charge in [-0.15, -0.1) is 0 Å².